The van der Waals surface area contributed by atoms with Crippen LogP contribution in [0.5, 0.6) is 5.75 Å². The fourth-order valence-corrected chi connectivity index (χ4v) is 2.88. The molecule has 3 aromatic rings. The average Bonchev–Trinajstić information content (AvgIpc) is 2.88. The van der Waals surface area contributed by atoms with Crippen molar-refractivity contribution < 1.29 is 14.3 Å². The molecule has 0 aliphatic heterocycles. The van der Waals surface area contributed by atoms with E-state index < -0.39 is 6.10 Å². The van der Waals surface area contributed by atoms with E-state index in [2.05, 4.69) is 9.55 Å². The van der Waals surface area contributed by atoms with E-state index >= 15 is 0 Å². The summed E-state index contributed by atoms with van der Waals surface area (Å²) in [5.74, 6) is 1.33. The van der Waals surface area contributed by atoms with Crippen LogP contribution >= 0.6 is 0 Å². The molecule has 0 amide bonds. The van der Waals surface area contributed by atoms with Crippen LogP contribution in [0, 0.1) is 13.8 Å². The molecule has 5 heteroatoms. The number of carbonyl (C=O) groups excluding carboxylic acids is 1. The van der Waals surface area contributed by atoms with E-state index in [1.54, 1.807) is 0 Å². The number of benzene rings is 2. The molecule has 1 atom stereocenters. The predicted octanol–water partition coefficient (Wildman–Crippen LogP) is 3.66. The molecule has 0 unspecified atom stereocenters. The van der Waals surface area contributed by atoms with Gasteiger partial charge in [-0.05, 0) is 43.7 Å². The number of nitrogens with zero attached hydrogens (tertiary/aromatic N) is 2. The van der Waals surface area contributed by atoms with Gasteiger partial charge in [-0.15, -0.1) is 0 Å². The normalized spacial score (nSPS) is 12.1. The first-order chi connectivity index (χ1) is 12.0. The molecule has 1 heterocycles. The molecule has 0 bridgehead atoms. The van der Waals surface area contributed by atoms with Crippen molar-refractivity contribution in [2.24, 2.45) is 0 Å². The monoisotopic (exact) mass is 338 g/mol. The lowest BCUT2D eigenvalue weighted by Gasteiger charge is -2.19. The first kappa shape index (κ1) is 17.0. The van der Waals surface area contributed by atoms with Crippen molar-refractivity contribution in [2.75, 3.05) is 6.61 Å². The number of para-hydroxylation sites is 2. The molecule has 3 rings (SSSR count). The van der Waals surface area contributed by atoms with Gasteiger partial charge < -0.3 is 14.0 Å². The lowest BCUT2D eigenvalue weighted by Crippen LogP contribution is -2.29. The molecule has 0 spiro atoms. The quantitative estimate of drug-likeness (QED) is 0.644. The van der Waals surface area contributed by atoms with Crippen LogP contribution in [0.15, 0.2) is 48.5 Å². The van der Waals surface area contributed by atoms with Gasteiger partial charge >= 0.3 is 5.97 Å². The zero-order chi connectivity index (χ0) is 17.8. The highest BCUT2D eigenvalue weighted by molar-refractivity contribution is 5.75. The van der Waals surface area contributed by atoms with Gasteiger partial charge in [0.05, 0.1) is 17.6 Å². The Labute approximate surface area is 147 Å². The van der Waals surface area contributed by atoms with Gasteiger partial charge in [0, 0.05) is 6.92 Å². The summed E-state index contributed by atoms with van der Waals surface area (Å²) >= 11 is 0. The Hall–Kier alpha value is -2.82. The Bertz CT molecular complexity index is 886. The Morgan fingerprint density at radius 2 is 1.96 bits per heavy atom. The van der Waals surface area contributed by atoms with Crippen molar-refractivity contribution in [3.8, 4) is 5.75 Å². The van der Waals surface area contributed by atoms with Crippen LogP contribution in [-0.2, 0) is 16.1 Å². The number of aromatic nitrogens is 2. The maximum atomic E-state index is 11.5. The standard InChI is InChI=1S/C20H22N2O3/c1-14-7-6-8-17(11-14)24-13-18(25-16(3)23)12-22-15(2)21-19-9-4-5-10-20(19)22/h4-11,18H,12-13H2,1-3H3/t18-/m0/s1. The summed E-state index contributed by atoms with van der Waals surface area (Å²) in [5, 5.41) is 0. The van der Waals surface area contributed by atoms with Crippen LogP contribution in [0.2, 0.25) is 0 Å². The Morgan fingerprint density at radius 1 is 1.16 bits per heavy atom. The van der Waals surface area contributed by atoms with Gasteiger partial charge in [0.2, 0.25) is 0 Å². The highest BCUT2D eigenvalue weighted by Gasteiger charge is 2.17. The first-order valence-electron chi connectivity index (χ1n) is 8.31. The molecule has 0 N–H and O–H groups in total. The van der Waals surface area contributed by atoms with E-state index in [9.17, 15) is 4.79 Å². The number of carbonyl (C=O) groups is 1. The summed E-state index contributed by atoms with van der Waals surface area (Å²) < 4.78 is 13.4. The summed E-state index contributed by atoms with van der Waals surface area (Å²) in [6.07, 6.45) is -0.394. The zero-order valence-electron chi connectivity index (χ0n) is 14.7. The number of rotatable bonds is 6. The largest absolute Gasteiger partial charge is 0.490 e. The summed E-state index contributed by atoms with van der Waals surface area (Å²) in [7, 11) is 0. The Kier molecular flexibility index (Phi) is 5.03. The van der Waals surface area contributed by atoms with Crippen molar-refractivity contribution >= 4 is 17.0 Å². The smallest absolute Gasteiger partial charge is 0.303 e. The molecule has 2 aromatic carbocycles. The molecule has 0 aliphatic carbocycles. The van der Waals surface area contributed by atoms with E-state index in [1.807, 2.05) is 62.4 Å². The molecule has 0 saturated heterocycles. The van der Waals surface area contributed by atoms with Crippen LogP contribution < -0.4 is 4.74 Å². The molecule has 0 saturated carbocycles. The second kappa shape index (κ2) is 7.38. The van der Waals surface area contributed by atoms with E-state index in [4.69, 9.17) is 9.47 Å². The van der Waals surface area contributed by atoms with Crippen LogP contribution in [0.1, 0.15) is 18.3 Å². The average molecular weight is 338 g/mol. The summed E-state index contributed by atoms with van der Waals surface area (Å²) in [6.45, 7) is 6.16. The van der Waals surface area contributed by atoms with Crippen molar-refractivity contribution in [3.05, 3.63) is 59.9 Å². The SMILES string of the molecule is CC(=O)O[C@H](COc1cccc(C)c1)Cn1c(C)nc2ccccc21. The van der Waals surface area contributed by atoms with Gasteiger partial charge in [-0.1, -0.05) is 24.3 Å². The highest BCUT2D eigenvalue weighted by atomic mass is 16.6. The molecular formula is C20H22N2O3. The lowest BCUT2D eigenvalue weighted by atomic mass is 10.2. The second-order valence-electron chi connectivity index (χ2n) is 6.12. The maximum Gasteiger partial charge on any atom is 0.303 e. The van der Waals surface area contributed by atoms with Gasteiger partial charge in [-0.3, -0.25) is 4.79 Å². The number of ether oxygens (including phenoxy) is 2. The van der Waals surface area contributed by atoms with Crippen molar-refractivity contribution in [3.63, 3.8) is 0 Å². The highest BCUT2D eigenvalue weighted by Crippen LogP contribution is 2.18. The summed E-state index contributed by atoms with van der Waals surface area (Å²) in [5.41, 5.74) is 3.08. The minimum Gasteiger partial charge on any atom is -0.490 e. The summed E-state index contributed by atoms with van der Waals surface area (Å²) in [6, 6.07) is 15.7. The molecule has 25 heavy (non-hydrogen) atoms. The van der Waals surface area contributed by atoms with Crippen LogP contribution in [0.3, 0.4) is 0 Å². The molecule has 0 radical (unpaired) electrons. The fourth-order valence-electron chi connectivity index (χ4n) is 2.88. The molecular weight excluding hydrogens is 316 g/mol. The van der Waals surface area contributed by atoms with E-state index in [-0.39, 0.29) is 12.6 Å². The van der Waals surface area contributed by atoms with E-state index in [0.29, 0.717) is 6.54 Å². The molecule has 0 fully saturated rings. The molecule has 0 aliphatic rings. The lowest BCUT2D eigenvalue weighted by molar-refractivity contribution is -0.148. The van der Waals surface area contributed by atoms with E-state index in [1.165, 1.54) is 6.92 Å². The second-order valence-corrected chi connectivity index (χ2v) is 6.12. The predicted molar refractivity (Wildman–Crippen MR) is 96.7 cm³/mol. The van der Waals surface area contributed by atoms with Crippen LogP contribution in [-0.4, -0.2) is 28.2 Å². The summed E-state index contributed by atoms with van der Waals surface area (Å²) in [4.78, 5) is 16.1. The van der Waals surface area contributed by atoms with Crippen LogP contribution in [0.4, 0.5) is 0 Å². The molecule has 130 valence electrons. The van der Waals surface area contributed by atoms with Gasteiger partial charge in [-0.25, -0.2) is 4.98 Å². The fraction of sp³-hybridized carbons (Fsp3) is 0.300. The van der Waals surface area contributed by atoms with Gasteiger partial charge in [0.15, 0.2) is 6.10 Å². The molecule has 5 nitrogen and oxygen atoms in total. The minimum atomic E-state index is -0.394. The van der Waals surface area contributed by atoms with Crippen molar-refractivity contribution in [2.45, 2.75) is 33.4 Å². The zero-order valence-corrected chi connectivity index (χ0v) is 14.7. The van der Waals surface area contributed by atoms with Crippen molar-refractivity contribution in [1.82, 2.24) is 9.55 Å². The number of hydrogen-bond donors (Lipinski definition) is 0. The van der Waals surface area contributed by atoms with Crippen molar-refractivity contribution in [1.29, 1.82) is 0 Å². The van der Waals surface area contributed by atoms with Crippen LogP contribution in [0.25, 0.3) is 11.0 Å². The Balaban J connectivity index is 1.78. The third-order valence-electron chi connectivity index (χ3n) is 3.99. The number of hydrogen-bond acceptors (Lipinski definition) is 4. The van der Waals surface area contributed by atoms with Gasteiger partial charge in [-0.2, -0.15) is 0 Å². The third-order valence-corrected chi connectivity index (χ3v) is 3.99. The van der Waals surface area contributed by atoms with Gasteiger partial charge in [0.25, 0.3) is 0 Å². The maximum absolute atomic E-state index is 11.5. The third kappa shape index (κ3) is 4.18. The first-order valence-corrected chi connectivity index (χ1v) is 8.31. The van der Waals surface area contributed by atoms with Gasteiger partial charge in [0.1, 0.15) is 18.2 Å². The number of aryl methyl sites for hydroxylation is 2. The number of imidazole rings is 1. The van der Waals surface area contributed by atoms with E-state index in [0.717, 1.165) is 28.2 Å². The number of fused-ring (bicyclic) bond motifs is 1. The Morgan fingerprint density at radius 3 is 2.72 bits per heavy atom. The minimum absolute atomic E-state index is 0.287. The number of esters is 1. The molecule has 1 aromatic heterocycles. The topological polar surface area (TPSA) is 53.4 Å².